The Balaban J connectivity index is 3.11. The number of alkyl halides is 1. The van der Waals surface area contributed by atoms with Gasteiger partial charge in [0.2, 0.25) is 5.91 Å². The third-order valence-corrected chi connectivity index (χ3v) is 2.70. The quantitative estimate of drug-likeness (QED) is 0.654. The molecule has 0 heterocycles. The number of ether oxygens (including phenoxy) is 1. The van der Waals surface area contributed by atoms with E-state index in [-0.39, 0.29) is 5.88 Å². The Bertz CT molecular complexity index is 407. The molecular weight excluding hydrogens is 242 g/mol. The van der Waals surface area contributed by atoms with Crippen LogP contribution in [-0.4, -0.2) is 24.9 Å². The lowest BCUT2D eigenvalue weighted by Gasteiger charge is -2.28. The number of benzene rings is 1. The van der Waals surface area contributed by atoms with Crippen LogP contribution in [0, 0.1) is 0 Å². The van der Waals surface area contributed by atoms with Gasteiger partial charge in [-0.15, -0.1) is 11.6 Å². The van der Waals surface area contributed by atoms with E-state index >= 15 is 0 Å². The van der Waals surface area contributed by atoms with Gasteiger partial charge in [0, 0.05) is 0 Å². The lowest BCUT2D eigenvalue weighted by atomic mass is 9.92. The fourth-order valence-electron chi connectivity index (χ4n) is 1.53. The highest BCUT2D eigenvalue weighted by Crippen LogP contribution is 2.22. The fraction of sp³-hybridized carbons (Fsp3) is 0.333. The molecule has 0 aliphatic heterocycles. The number of carbonyl (C=O) groups excluding carboxylic acids is 2. The summed E-state index contributed by atoms with van der Waals surface area (Å²) in [5.74, 6) is -1.18. The fourth-order valence-corrected chi connectivity index (χ4v) is 1.60. The monoisotopic (exact) mass is 255 g/mol. The van der Waals surface area contributed by atoms with Crippen LogP contribution in [-0.2, 0) is 19.9 Å². The molecular formula is C12H14ClNO3. The van der Waals surface area contributed by atoms with Crippen LogP contribution in [0.2, 0.25) is 0 Å². The number of rotatable bonds is 4. The number of esters is 1. The van der Waals surface area contributed by atoms with Crippen LogP contribution in [0.25, 0.3) is 0 Å². The topological polar surface area (TPSA) is 55.4 Å². The molecule has 1 atom stereocenters. The van der Waals surface area contributed by atoms with Gasteiger partial charge in [-0.05, 0) is 12.5 Å². The van der Waals surface area contributed by atoms with Crippen LogP contribution < -0.4 is 5.32 Å². The molecule has 0 unspecified atom stereocenters. The molecule has 0 saturated heterocycles. The van der Waals surface area contributed by atoms with Crippen molar-refractivity contribution in [3.63, 3.8) is 0 Å². The van der Waals surface area contributed by atoms with Gasteiger partial charge in [-0.3, -0.25) is 4.79 Å². The first-order chi connectivity index (χ1) is 8.04. The lowest BCUT2D eigenvalue weighted by molar-refractivity contribution is -0.150. The van der Waals surface area contributed by atoms with Crippen LogP contribution in [0.3, 0.4) is 0 Å². The Kier molecular flexibility index (Phi) is 4.52. The van der Waals surface area contributed by atoms with Gasteiger partial charge in [0.15, 0.2) is 5.54 Å². The largest absolute Gasteiger partial charge is 0.467 e. The van der Waals surface area contributed by atoms with Crippen molar-refractivity contribution in [2.24, 2.45) is 0 Å². The van der Waals surface area contributed by atoms with Crippen LogP contribution in [0.5, 0.6) is 0 Å². The minimum atomic E-state index is -1.22. The molecule has 0 radical (unpaired) electrons. The predicted molar refractivity (Wildman–Crippen MR) is 64.7 cm³/mol. The van der Waals surface area contributed by atoms with E-state index in [2.05, 4.69) is 5.32 Å². The van der Waals surface area contributed by atoms with Gasteiger partial charge in [-0.2, -0.15) is 0 Å². The molecule has 0 saturated carbocycles. The zero-order chi connectivity index (χ0) is 12.9. The molecule has 5 heteroatoms. The Morgan fingerprint density at radius 1 is 1.35 bits per heavy atom. The minimum Gasteiger partial charge on any atom is -0.467 e. The third kappa shape index (κ3) is 2.97. The summed E-state index contributed by atoms with van der Waals surface area (Å²) in [7, 11) is 1.27. The van der Waals surface area contributed by atoms with E-state index in [1.807, 2.05) is 6.07 Å². The number of carbonyl (C=O) groups is 2. The molecule has 1 aromatic rings. The summed E-state index contributed by atoms with van der Waals surface area (Å²) in [6.07, 6.45) is 0. The average Bonchev–Trinajstić information content (AvgIpc) is 2.38. The van der Waals surface area contributed by atoms with Crippen molar-refractivity contribution >= 4 is 23.5 Å². The van der Waals surface area contributed by atoms with Crippen LogP contribution in [0.1, 0.15) is 12.5 Å². The highest BCUT2D eigenvalue weighted by Gasteiger charge is 2.37. The smallest absolute Gasteiger partial charge is 0.336 e. The van der Waals surface area contributed by atoms with E-state index in [4.69, 9.17) is 16.3 Å². The van der Waals surface area contributed by atoms with Crippen LogP contribution in [0.4, 0.5) is 0 Å². The summed E-state index contributed by atoms with van der Waals surface area (Å²) in [6.45, 7) is 1.58. The molecule has 0 spiro atoms. The summed E-state index contributed by atoms with van der Waals surface area (Å²) in [5, 5.41) is 2.56. The first kappa shape index (κ1) is 13.5. The van der Waals surface area contributed by atoms with Gasteiger partial charge in [-0.25, -0.2) is 4.79 Å². The van der Waals surface area contributed by atoms with E-state index in [0.717, 1.165) is 0 Å². The molecule has 4 nitrogen and oxygen atoms in total. The first-order valence-corrected chi connectivity index (χ1v) is 5.59. The molecule has 0 aliphatic carbocycles. The molecule has 0 fully saturated rings. The molecule has 1 rings (SSSR count). The lowest BCUT2D eigenvalue weighted by Crippen LogP contribution is -2.50. The van der Waals surface area contributed by atoms with Crippen molar-refractivity contribution in [2.75, 3.05) is 13.0 Å². The minimum absolute atomic E-state index is 0.209. The number of methoxy groups -OCH3 is 1. The normalized spacial score (nSPS) is 13.6. The van der Waals surface area contributed by atoms with Gasteiger partial charge in [0.1, 0.15) is 5.88 Å². The zero-order valence-corrected chi connectivity index (χ0v) is 10.5. The van der Waals surface area contributed by atoms with Crippen molar-refractivity contribution in [3.8, 4) is 0 Å². The summed E-state index contributed by atoms with van der Waals surface area (Å²) in [5.41, 5.74) is -0.576. The maximum atomic E-state index is 11.8. The van der Waals surface area contributed by atoms with E-state index in [9.17, 15) is 9.59 Å². The van der Waals surface area contributed by atoms with E-state index in [1.54, 1.807) is 31.2 Å². The van der Waals surface area contributed by atoms with Crippen molar-refractivity contribution < 1.29 is 14.3 Å². The standard InChI is InChI=1S/C12H14ClNO3/c1-12(11(16)17-2,14-10(15)8-13)9-6-4-3-5-7-9/h3-7H,8H2,1-2H3,(H,14,15)/t12-/m1/s1. The second-order valence-electron chi connectivity index (χ2n) is 3.66. The maximum absolute atomic E-state index is 11.8. The van der Waals surface area contributed by atoms with Gasteiger partial charge >= 0.3 is 5.97 Å². The molecule has 1 aromatic carbocycles. The highest BCUT2D eigenvalue weighted by atomic mass is 35.5. The van der Waals surface area contributed by atoms with Gasteiger partial charge in [0.25, 0.3) is 0 Å². The average molecular weight is 256 g/mol. The highest BCUT2D eigenvalue weighted by molar-refractivity contribution is 6.27. The summed E-state index contributed by atoms with van der Waals surface area (Å²) in [4.78, 5) is 23.2. The molecule has 1 N–H and O–H groups in total. The number of amides is 1. The molecule has 17 heavy (non-hydrogen) atoms. The van der Waals surface area contributed by atoms with Gasteiger partial charge in [0.05, 0.1) is 7.11 Å². The van der Waals surface area contributed by atoms with E-state index < -0.39 is 17.4 Å². The third-order valence-electron chi connectivity index (χ3n) is 2.46. The number of nitrogens with one attached hydrogen (secondary N) is 1. The predicted octanol–water partition coefficient (Wildman–Crippen LogP) is 1.43. The number of hydrogen-bond donors (Lipinski definition) is 1. The van der Waals surface area contributed by atoms with Gasteiger partial charge < -0.3 is 10.1 Å². The molecule has 1 amide bonds. The Hall–Kier alpha value is -1.55. The van der Waals surface area contributed by atoms with Crippen molar-refractivity contribution in [1.29, 1.82) is 0 Å². The van der Waals surface area contributed by atoms with Crippen LogP contribution in [0.15, 0.2) is 30.3 Å². The second kappa shape index (κ2) is 5.68. The van der Waals surface area contributed by atoms with E-state index in [0.29, 0.717) is 5.56 Å². The van der Waals surface area contributed by atoms with Crippen molar-refractivity contribution in [3.05, 3.63) is 35.9 Å². The Morgan fingerprint density at radius 2 is 1.94 bits per heavy atom. The second-order valence-corrected chi connectivity index (χ2v) is 3.93. The first-order valence-electron chi connectivity index (χ1n) is 5.05. The molecule has 0 bridgehead atoms. The summed E-state index contributed by atoms with van der Waals surface area (Å²) >= 11 is 5.43. The van der Waals surface area contributed by atoms with Crippen LogP contribution >= 0.6 is 11.6 Å². The van der Waals surface area contributed by atoms with Gasteiger partial charge in [-0.1, -0.05) is 30.3 Å². The summed E-state index contributed by atoms with van der Waals surface area (Å²) < 4.78 is 4.72. The molecule has 0 aromatic heterocycles. The molecule has 0 aliphatic rings. The Morgan fingerprint density at radius 3 is 2.41 bits per heavy atom. The Labute approximate surface area is 105 Å². The van der Waals surface area contributed by atoms with Crippen molar-refractivity contribution in [2.45, 2.75) is 12.5 Å². The molecule has 92 valence electrons. The number of halogens is 1. The summed E-state index contributed by atoms with van der Waals surface area (Å²) in [6, 6.07) is 8.87. The van der Waals surface area contributed by atoms with E-state index in [1.165, 1.54) is 7.11 Å². The number of hydrogen-bond acceptors (Lipinski definition) is 3. The maximum Gasteiger partial charge on any atom is 0.336 e. The van der Waals surface area contributed by atoms with Crippen molar-refractivity contribution in [1.82, 2.24) is 5.32 Å². The SMILES string of the molecule is COC(=O)[C@](C)(NC(=O)CCl)c1ccccc1. The zero-order valence-electron chi connectivity index (χ0n) is 9.70.